The molecule has 1 saturated carbocycles. The van der Waals surface area contributed by atoms with Crippen molar-refractivity contribution in [2.45, 2.75) is 58.0 Å². The van der Waals surface area contributed by atoms with Crippen LogP contribution in [0.15, 0.2) is 24.3 Å². The molecule has 1 aliphatic rings. The summed E-state index contributed by atoms with van der Waals surface area (Å²) in [6, 6.07) is 8.56. The number of benzene rings is 1. The van der Waals surface area contributed by atoms with Crippen LogP contribution in [0.5, 0.6) is 5.75 Å². The molecule has 1 fully saturated rings. The van der Waals surface area contributed by atoms with Crippen molar-refractivity contribution in [2.75, 3.05) is 0 Å². The summed E-state index contributed by atoms with van der Waals surface area (Å²) in [5.74, 6) is 1.01. The zero-order chi connectivity index (χ0) is 11.8. The Morgan fingerprint density at radius 1 is 1.06 bits per heavy atom. The van der Waals surface area contributed by atoms with Crippen molar-refractivity contribution < 1.29 is 4.74 Å². The van der Waals surface area contributed by atoms with E-state index in [0.717, 1.165) is 5.75 Å². The zero-order valence-electron chi connectivity index (χ0n) is 10.8. The van der Waals surface area contributed by atoms with Gasteiger partial charge in [-0.1, -0.05) is 32.9 Å². The van der Waals surface area contributed by atoms with Gasteiger partial charge in [-0.2, -0.15) is 0 Å². The highest BCUT2D eigenvalue weighted by Gasteiger charge is 2.33. The van der Waals surface area contributed by atoms with Crippen LogP contribution in [0.25, 0.3) is 0 Å². The molecule has 0 aliphatic heterocycles. The van der Waals surface area contributed by atoms with Crippen LogP contribution in [0.3, 0.4) is 0 Å². The Morgan fingerprint density at radius 3 is 2.00 bits per heavy atom. The van der Waals surface area contributed by atoms with Crippen LogP contribution in [0.2, 0.25) is 0 Å². The van der Waals surface area contributed by atoms with E-state index < -0.39 is 0 Å². The SMILES string of the molecule is CC1(Oc2ccc(C(C)(C)C)cc2)CCC1. The Hall–Kier alpha value is -0.980. The Labute approximate surface area is 98.8 Å². The fourth-order valence-corrected chi connectivity index (χ4v) is 2.08. The van der Waals surface area contributed by atoms with Crippen LogP contribution in [0.1, 0.15) is 52.5 Å². The lowest BCUT2D eigenvalue weighted by atomic mass is 9.82. The van der Waals surface area contributed by atoms with Gasteiger partial charge < -0.3 is 4.74 Å². The summed E-state index contributed by atoms with van der Waals surface area (Å²) in [6.45, 7) is 8.90. The minimum absolute atomic E-state index is 0.100. The van der Waals surface area contributed by atoms with E-state index in [1.165, 1.54) is 24.8 Å². The first-order valence-corrected chi connectivity index (χ1v) is 6.19. The average molecular weight is 218 g/mol. The fraction of sp³-hybridized carbons (Fsp3) is 0.600. The van der Waals surface area contributed by atoms with E-state index >= 15 is 0 Å². The third-order valence-electron chi connectivity index (χ3n) is 3.50. The molecule has 0 unspecified atom stereocenters. The maximum Gasteiger partial charge on any atom is 0.120 e. The molecule has 0 saturated heterocycles. The van der Waals surface area contributed by atoms with Crippen molar-refractivity contribution in [3.8, 4) is 5.75 Å². The van der Waals surface area contributed by atoms with E-state index in [-0.39, 0.29) is 11.0 Å². The second-order valence-corrected chi connectivity index (χ2v) is 6.18. The highest BCUT2D eigenvalue weighted by atomic mass is 16.5. The van der Waals surface area contributed by atoms with Crippen molar-refractivity contribution in [3.63, 3.8) is 0 Å². The molecule has 0 radical (unpaired) electrons. The minimum atomic E-state index is 0.100. The first-order chi connectivity index (χ1) is 7.39. The molecule has 0 bridgehead atoms. The van der Waals surface area contributed by atoms with Gasteiger partial charge in [0.05, 0.1) is 0 Å². The molecule has 2 rings (SSSR count). The molecule has 0 N–H and O–H groups in total. The van der Waals surface area contributed by atoms with Gasteiger partial charge in [0.1, 0.15) is 11.4 Å². The molecule has 0 atom stereocenters. The highest BCUT2D eigenvalue weighted by Crippen LogP contribution is 2.36. The zero-order valence-corrected chi connectivity index (χ0v) is 10.8. The number of rotatable bonds is 2. The lowest BCUT2D eigenvalue weighted by Crippen LogP contribution is -2.39. The van der Waals surface area contributed by atoms with E-state index in [9.17, 15) is 0 Å². The molecule has 0 aromatic heterocycles. The van der Waals surface area contributed by atoms with Crippen LogP contribution >= 0.6 is 0 Å². The molecule has 1 aromatic rings. The van der Waals surface area contributed by atoms with Crippen LogP contribution in [0.4, 0.5) is 0 Å². The third-order valence-corrected chi connectivity index (χ3v) is 3.50. The van der Waals surface area contributed by atoms with E-state index in [4.69, 9.17) is 4.74 Å². The van der Waals surface area contributed by atoms with E-state index in [1.807, 2.05) is 0 Å². The monoisotopic (exact) mass is 218 g/mol. The van der Waals surface area contributed by atoms with E-state index in [1.54, 1.807) is 0 Å². The average Bonchev–Trinajstić information content (AvgIpc) is 2.15. The van der Waals surface area contributed by atoms with Crippen LogP contribution in [0, 0.1) is 0 Å². The minimum Gasteiger partial charge on any atom is -0.488 e. The quantitative estimate of drug-likeness (QED) is 0.719. The summed E-state index contributed by atoms with van der Waals surface area (Å²) in [4.78, 5) is 0. The Morgan fingerprint density at radius 2 is 1.62 bits per heavy atom. The summed E-state index contributed by atoms with van der Waals surface area (Å²) in [6.07, 6.45) is 3.68. The van der Waals surface area contributed by atoms with Crippen LogP contribution < -0.4 is 4.74 Å². The molecular formula is C15H22O. The number of ether oxygens (including phenoxy) is 1. The van der Waals surface area contributed by atoms with E-state index in [2.05, 4.69) is 52.0 Å². The van der Waals surface area contributed by atoms with Gasteiger partial charge in [-0.25, -0.2) is 0 Å². The maximum atomic E-state index is 6.01. The van der Waals surface area contributed by atoms with Gasteiger partial charge in [-0.15, -0.1) is 0 Å². The molecule has 0 spiro atoms. The maximum absolute atomic E-state index is 6.01. The molecular weight excluding hydrogens is 196 g/mol. The molecule has 1 aromatic carbocycles. The highest BCUT2D eigenvalue weighted by molar-refractivity contribution is 5.31. The molecule has 0 heterocycles. The second-order valence-electron chi connectivity index (χ2n) is 6.18. The van der Waals surface area contributed by atoms with Crippen molar-refractivity contribution in [1.82, 2.24) is 0 Å². The second kappa shape index (κ2) is 3.80. The Balaban J connectivity index is 2.08. The van der Waals surface area contributed by atoms with Gasteiger partial charge in [0, 0.05) is 0 Å². The number of hydrogen-bond donors (Lipinski definition) is 0. The Bertz CT molecular complexity index is 352. The topological polar surface area (TPSA) is 9.23 Å². The predicted molar refractivity (Wildman–Crippen MR) is 68.0 cm³/mol. The van der Waals surface area contributed by atoms with E-state index in [0.29, 0.717) is 0 Å². The number of hydrogen-bond acceptors (Lipinski definition) is 1. The van der Waals surface area contributed by atoms with Gasteiger partial charge in [0.15, 0.2) is 0 Å². The normalized spacial score (nSPS) is 19.0. The fourth-order valence-electron chi connectivity index (χ4n) is 2.08. The summed E-state index contributed by atoms with van der Waals surface area (Å²) in [5.41, 5.74) is 1.68. The van der Waals surface area contributed by atoms with Gasteiger partial charge in [-0.3, -0.25) is 0 Å². The summed E-state index contributed by atoms with van der Waals surface area (Å²) in [5, 5.41) is 0. The van der Waals surface area contributed by atoms with Gasteiger partial charge >= 0.3 is 0 Å². The summed E-state index contributed by atoms with van der Waals surface area (Å²) >= 11 is 0. The molecule has 88 valence electrons. The molecule has 1 aliphatic carbocycles. The van der Waals surface area contributed by atoms with Gasteiger partial charge in [0.2, 0.25) is 0 Å². The van der Waals surface area contributed by atoms with Crippen molar-refractivity contribution >= 4 is 0 Å². The van der Waals surface area contributed by atoms with Gasteiger partial charge in [0.25, 0.3) is 0 Å². The summed E-state index contributed by atoms with van der Waals surface area (Å²) < 4.78 is 6.01. The molecule has 16 heavy (non-hydrogen) atoms. The summed E-state index contributed by atoms with van der Waals surface area (Å²) in [7, 11) is 0. The lowest BCUT2D eigenvalue weighted by molar-refractivity contribution is 0.0113. The smallest absolute Gasteiger partial charge is 0.120 e. The molecule has 1 heteroatoms. The van der Waals surface area contributed by atoms with Gasteiger partial charge in [-0.05, 0) is 49.3 Å². The third kappa shape index (κ3) is 2.40. The predicted octanol–water partition coefficient (Wildman–Crippen LogP) is 4.31. The van der Waals surface area contributed by atoms with Crippen molar-refractivity contribution in [2.24, 2.45) is 0 Å². The van der Waals surface area contributed by atoms with Crippen molar-refractivity contribution in [3.05, 3.63) is 29.8 Å². The largest absolute Gasteiger partial charge is 0.488 e. The van der Waals surface area contributed by atoms with Crippen LogP contribution in [-0.2, 0) is 5.41 Å². The van der Waals surface area contributed by atoms with Crippen molar-refractivity contribution in [1.29, 1.82) is 0 Å². The van der Waals surface area contributed by atoms with Crippen LogP contribution in [-0.4, -0.2) is 5.60 Å². The Kier molecular flexibility index (Phi) is 2.73. The standard InChI is InChI=1S/C15H22O/c1-14(2,3)12-6-8-13(9-7-12)16-15(4)10-5-11-15/h6-9H,5,10-11H2,1-4H3. The molecule has 1 nitrogen and oxygen atoms in total. The lowest BCUT2D eigenvalue weighted by Gasteiger charge is -2.38. The molecule has 0 amide bonds. The first-order valence-electron chi connectivity index (χ1n) is 6.19. The first kappa shape index (κ1) is 11.5.